The molecular weight excluding hydrogens is 369 g/mol. The lowest BCUT2D eigenvalue weighted by molar-refractivity contribution is 0.00578. The van der Waals surface area contributed by atoms with Crippen LogP contribution in [0.4, 0.5) is 4.39 Å². The van der Waals surface area contributed by atoms with Gasteiger partial charge in [0.1, 0.15) is 23.9 Å². The summed E-state index contributed by atoms with van der Waals surface area (Å²) < 4.78 is 37.1. The molecule has 3 rings (SSSR count). The highest BCUT2D eigenvalue weighted by molar-refractivity contribution is 6.62. The highest BCUT2D eigenvalue weighted by Crippen LogP contribution is 2.37. The van der Waals surface area contributed by atoms with Crippen LogP contribution in [0, 0.1) is 5.82 Å². The van der Waals surface area contributed by atoms with Gasteiger partial charge in [-0.05, 0) is 63.0 Å². The smallest absolute Gasteiger partial charge is 0.495 e. The van der Waals surface area contributed by atoms with Crippen molar-refractivity contribution in [3.8, 4) is 11.5 Å². The second-order valence-corrected chi connectivity index (χ2v) is 7.92. The molecule has 2 aromatic carbocycles. The van der Waals surface area contributed by atoms with Gasteiger partial charge in [0, 0.05) is 6.07 Å². The summed E-state index contributed by atoms with van der Waals surface area (Å²) in [6.07, 6.45) is 0. The van der Waals surface area contributed by atoms with Gasteiger partial charge < -0.3 is 18.8 Å². The SMILES string of the molecule is COc1ccc(B2OC(C)(C)C(C)(C)O2)c(COc2ccc(Cl)c(F)c2)c1. The van der Waals surface area contributed by atoms with Crippen molar-refractivity contribution in [2.24, 2.45) is 0 Å². The van der Waals surface area contributed by atoms with Crippen LogP contribution in [0.3, 0.4) is 0 Å². The topological polar surface area (TPSA) is 36.9 Å². The molecule has 0 aromatic heterocycles. The molecule has 2 aromatic rings. The number of benzene rings is 2. The Balaban J connectivity index is 1.86. The first kappa shape index (κ1) is 20.0. The van der Waals surface area contributed by atoms with Crippen molar-refractivity contribution in [2.75, 3.05) is 7.11 Å². The lowest BCUT2D eigenvalue weighted by Gasteiger charge is -2.32. The van der Waals surface area contributed by atoms with Gasteiger partial charge in [0.05, 0.1) is 23.3 Å². The Morgan fingerprint density at radius 2 is 1.63 bits per heavy atom. The van der Waals surface area contributed by atoms with E-state index in [1.807, 2.05) is 45.9 Å². The molecule has 0 unspecified atom stereocenters. The summed E-state index contributed by atoms with van der Waals surface area (Å²) in [5.74, 6) is 0.557. The monoisotopic (exact) mass is 392 g/mol. The predicted molar refractivity (Wildman–Crippen MR) is 104 cm³/mol. The highest BCUT2D eigenvalue weighted by Gasteiger charge is 2.52. The quantitative estimate of drug-likeness (QED) is 0.708. The Hall–Kier alpha value is -1.76. The zero-order valence-electron chi connectivity index (χ0n) is 16.1. The van der Waals surface area contributed by atoms with E-state index < -0.39 is 24.1 Å². The van der Waals surface area contributed by atoms with Crippen LogP contribution < -0.4 is 14.9 Å². The number of ether oxygens (including phenoxy) is 2. The third kappa shape index (κ3) is 4.08. The molecule has 144 valence electrons. The molecular formula is C20H23BClFO4. The Bertz CT molecular complexity index is 825. The first-order chi connectivity index (χ1) is 12.6. The van der Waals surface area contributed by atoms with E-state index in [0.29, 0.717) is 11.5 Å². The minimum atomic E-state index is -0.526. The molecule has 0 amide bonds. The van der Waals surface area contributed by atoms with Gasteiger partial charge in [-0.25, -0.2) is 4.39 Å². The molecule has 1 saturated heterocycles. The van der Waals surface area contributed by atoms with Crippen LogP contribution in [0.1, 0.15) is 33.3 Å². The predicted octanol–water partition coefficient (Wildman–Crippen LogP) is 4.37. The normalized spacial score (nSPS) is 17.8. The van der Waals surface area contributed by atoms with E-state index >= 15 is 0 Å². The van der Waals surface area contributed by atoms with Gasteiger partial charge in [-0.1, -0.05) is 17.7 Å². The molecule has 0 radical (unpaired) electrons. The van der Waals surface area contributed by atoms with E-state index in [2.05, 4.69) is 0 Å². The molecule has 1 heterocycles. The summed E-state index contributed by atoms with van der Waals surface area (Å²) in [7, 11) is 1.07. The Kier molecular flexibility index (Phi) is 5.44. The maximum absolute atomic E-state index is 13.6. The van der Waals surface area contributed by atoms with Crippen LogP contribution in [-0.4, -0.2) is 25.4 Å². The zero-order chi connectivity index (χ0) is 19.8. The number of rotatable bonds is 5. The minimum absolute atomic E-state index is 0.0571. The average molecular weight is 393 g/mol. The second-order valence-electron chi connectivity index (χ2n) is 7.52. The van der Waals surface area contributed by atoms with Crippen molar-refractivity contribution in [1.29, 1.82) is 0 Å². The van der Waals surface area contributed by atoms with Gasteiger partial charge in [0.25, 0.3) is 0 Å². The molecule has 1 fully saturated rings. The van der Waals surface area contributed by atoms with Crippen LogP contribution in [0.2, 0.25) is 5.02 Å². The molecule has 7 heteroatoms. The van der Waals surface area contributed by atoms with Gasteiger partial charge in [0.15, 0.2) is 0 Å². The third-order valence-corrected chi connectivity index (χ3v) is 5.45. The first-order valence-corrected chi connectivity index (χ1v) is 9.11. The number of hydrogen-bond donors (Lipinski definition) is 0. The number of methoxy groups -OCH3 is 1. The molecule has 0 atom stereocenters. The largest absolute Gasteiger partial charge is 0.497 e. The first-order valence-electron chi connectivity index (χ1n) is 8.73. The maximum Gasteiger partial charge on any atom is 0.495 e. The Morgan fingerprint density at radius 1 is 1.00 bits per heavy atom. The standard InChI is InChI=1S/C20H23BClFO4/c1-19(2)20(3,4)27-21(26-19)16-8-6-14(24-5)10-13(16)12-25-15-7-9-17(22)18(23)11-15/h6-11H,12H2,1-5H3. The molecule has 27 heavy (non-hydrogen) atoms. The lowest BCUT2D eigenvalue weighted by Crippen LogP contribution is -2.41. The van der Waals surface area contributed by atoms with Crippen molar-refractivity contribution >= 4 is 24.2 Å². The Labute approximate surface area is 164 Å². The molecule has 4 nitrogen and oxygen atoms in total. The average Bonchev–Trinajstić information content (AvgIpc) is 2.83. The van der Waals surface area contributed by atoms with Crippen molar-refractivity contribution in [3.05, 3.63) is 52.8 Å². The van der Waals surface area contributed by atoms with Gasteiger partial charge in [0.2, 0.25) is 0 Å². The van der Waals surface area contributed by atoms with Gasteiger partial charge >= 0.3 is 7.12 Å². The van der Waals surface area contributed by atoms with Crippen molar-refractivity contribution < 1.29 is 23.2 Å². The summed E-state index contributed by atoms with van der Waals surface area (Å²) in [5, 5.41) is 0.0571. The van der Waals surface area contributed by atoms with Crippen molar-refractivity contribution in [2.45, 2.75) is 45.5 Å². The van der Waals surface area contributed by atoms with Crippen molar-refractivity contribution in [3.63, 3.8) is 0 Å². The van der Waals surface area contributed by atoms with E-state index in [1.165, 1.54) is 12.1 Å². The summed E-state index contributed by atoms with van der Waals surface area (Å²) in [6, 6.07) is 9.98. The number of hydrogen-bond acceptors (Lipinski definition) is 4. The van der Waals surface area contributed by atoms with Gasteiger partial charge in [-0.2, -0.15) is 0 Å². The molecule has 0 N–H and O–H groups in total. The van der Waals surface area contributed by atoms with Crippen LogP contribution in [0.5, 0.6) is 11.5 Å². The fourth-order valence-electron chi connectivity index (χ4n) is 2.76. The summed E-state index contributed by atoms with van der Waals surface area (Å²) >= 11 is 5.72. The molecule has 0 spiro atoms. The molecule has 1 aliphatic heterocycles. The third-order valence-electron chi connectivity index (χ3n) is 5.14. The maximum atomic E-state index is 13.6. The summed E-state index contributed by atoms with van der Waals surface area (Å²) in [4.78, 5) is 0. The van der Waals surface area contributed by atoms with Crippen molar-refractivity contribution in [1.82, 2.24) is 0 Å². The summed E-state index contributed by atoms with van der Waals surface area (Å²) in [5.41, 5.74) is 0.788. The lowest BCUT2D eigenvalue weighted by atomic mass is 9.76. The Morgan fingerprint density at radius 3 is 2.22 bits per heavy atom. The molecule has 0 aliphatic carbocycles. The van der Waals surface area contributed by atoms with E-state index in [-0.39, 0.29) is 11.6 Å². The van der Waals surface area contributed by atoms with Crippen LogP contribution in [0.25, 0.3) is 0 Å². The van der Waals surface area contributed by atoms with E-state index in [9.17, 15) is 4.39 Å². The van der Waals surface area contributed by atoms with Gasteiger partial charge in [-0.15, -0.1) is 0 Å². The molecule has 0 saturated carbocycles. The van der Waals surface area contributed by atoms with Crippen LogP contribution in [-0.2, 0) is 15.9 Å². The van der Waals surface area contributed by atoms with Crippen LogP contribution >= 0.6 is 11.6 Å². The summed E-state index contributed by atoms with van der Waals surface area (Å²) in [6.45, 7) is 8.22. The number of halogens is 2. The van der Waals surface area contributed by atoms with Gasteiger partial charge in [-0.3, -0.25) is 0 Å². The highest BCUT2D eigenvalue weighted by atomic mass is 35.5. The van der Waals surface area contributed by atoms with Crippen LogP contribution in [0.15, 0.2) is 36.4 Å². The molecule has 1 aliphatic rings. The van der Waals surface area contributed by atoms with E-state index in [0.717, 1.165) is 11.0 Å². The fourth-order valence-corrected chi connectivity index (χ4v) is 2.88. The molecule has 0 bridgehead atoms. The fraction of sp³-hybridized carbons (Fsp3) is 0.400. The van der Waals surface area contributed by atoms with E-state index in [4.69, 9.17) is 30.4 Å². The zero-order valence-corrected chi connectivity index (χ0v) is 16.9. The minimum Gasteiger partial charge on any atom is -0.497 e. The second kappa shape index (κ2) is 7.34. The van der Waals surface area contributed by atoms with E-state index in [1.54, 1.807) is 13.2 Å².